The van der Waals surface area contributed by atoms with Crippen LogP contribution in [0.3, 0.4) is 0 Å². The van der Waals surface area contributed by atoms with Gasteiger partial charge in [-0.2, -0.15) is 0 Å². The van der Waals surface area contributed by atoms with Crippen LogP contribution in [0.5, 0.6) is 40.2 Å². The number of allylic oxidation sites excluding steroid dienone is 3. The maximum absolute atomic E-state index is 12.6. The molecule has 11 aromatic carbocycles. The highest BCUT2D eigenvalue weighted by Gasteiger charge is 2.43. The first-order valence-electron chi connectivity index (χ1n) is 36.9. The number of Topliss-reactive ketones (excluding diaryl/α,β-unsaturated/α-hetero) is 4. The summed E-state index contributed by atoms with van der Waals surface area (Å²) in [6, 6.07) is 52.6. The number of benzene rings is 11. The Morgan fingerprint density at radius 1 is 0.474 bits per heavy atom. The Balaban J connectivity index is 0.000000136. The minimum Gasteiger partial charge on any atom is -0.507 e. The lowest BCUT2D eigenvalue weighted by Crippen LogP contribution is -2.34. The van der Waals surface area contributed by atoms with Crippen molar-refractivity contribution in [3.8, 4) is 40.2 Å². The van der Waals surface area contributed by atoms with Crippen molar-refractivity contribution in [1.82, 2.24) is 15.3 Å². The lowest BCUT2D eigenvalue weighted by molar-refractivity contribution is -0.120. The summed E-state index contributed by atoms with van der Waals surface area (Å²) in [4.78, 5) is 89.8. The number of nitrogens with one attached hydrogen (secondary N) is 3. The van der Waals surface area contributed by atoms with Gasteiger partial charge in [0.25, 0.3) is 0 Å². The number of para-hydroxylation sites is 2. The van der Waals surface area contributed by atoms with Crippen LogP contribution in [0.1, 0.15) is 164 Å². The van der Waals surface area contributed by atoms with Crippen LogP contribution in [0.15, 0.2) is 206 Å². The van der Waals surface area contributed by atoms with Crippen molar-refractivity contribution in [3.05, 3.63) is 295 Å². The van der Waals surface area contributed by atoms with Gasteiger partial charge in [-0.3, -0.25) is 33.6 Å². The summed E-state index contributed by atoms with van der Waals surface area (Å²) in [5, 5.41) is 110. The zero-order valence-electron chi connectivity index (χ0n) is 65.3. The number of carbonyl (C=O) groups excluding carboxylic acids is 7. The molecule has 17 rings (SSSR count). The van der Waals surface area contributed by atoms with Crippen LogP contribution < -0.4 is 5.32 Å². The molecular formula is C94H85N3O17S2. The molecule has 22 heteroatoms. The number of aromatic amines is 2. The van der Waals surface area contributed by atoms with Gasteiger partial charge in [0.05, 0.1) is 50.5 Å². The number of aromatic nitrogens is 2. The van der Waals surface area contributed by atoms with Gasteiger partial charge in [0.2, 0.25) is 11.6 Å². The molecule has 20 nitrogen and oxygen atoms in total. The number of aryl methyl sites for hydroxylation is 2. The van der Waals surface area contributed by atoms with E-state index in [1.54, 1.807) is 114 Å². The fourth-order valence-electron chi connectivity index (χ4n) is 14.9. The molecule has 590 valence electrons. The van der Waals surface area contributed by atoms with Crippen molar-refractivity contribution in [2.45, 2.75) is 99.6 Å². The molecule has 0 unspecified atom stereocenters. The fraction of sp³-hybridized carbons (Fsp3) is 0.170. The number of hydrogen-bond donors (Lipinski definition) is 13. The molecular weight excluding hydrogens is 1510 g/mol. The zero-order chi connectivity index (χ0) is 84.3. The number of hydrogen-bond acceptors (Lipinski definition) is 19. The molecule has 0 amide bonds. The van der Waals surface area contributed by atoms with Gasteiger partial charge in [-0.1, -0.05) is 159 Å². The highest BCUT2D eigenvalue weighted by atomic mass is 32.2. The first-order valence-corrected chi connectivity index (χ1v) is 38.5. The molecule has 0 spiro atoms. The maximum Gasteiger partial charge on any atom is 0.233 e. The third-order valence-electron chi connectivity index (χ3n) is 21.1. The average molecular weight is 1590 g/mol. The van der Waals surface area contributed by atoms with Crippen molar-refractivity contribution in [1.29, 1.82) is 0 Å². The monoisotopic (exact) mass is 1590 g/mol. The molecule has 0 aliphatic heterocycles. The minimum absolute atomic E-state index is 0.0351. The molecule has 13 aromatic rings. The number of H-pyrrole nitrogens is 2. The molecule has 4 aliphatic carbocycles. The number of thioether (sulfide) groups is 1. The van der Waals surface area contributed by atoms with E-state index in [1.165, 1.54) is 54.6 Å². The number of fused-ring (bicyclic) bond motifs is 10. The van der Waals surface area contributed by atoms with Gasteiger partial charge in [-0.05, 0) is 179 Å². The summed E-state index contributed by atoms with van der Waals surface area (Å²) < 4.78 is 0.834. The summed E-state index contributed by atoms with van der Waals surface area (Å²) in [6.45, 7) is 17.8. The van der Waals surface area contributed by atoms with E-state index in [4.69, 9.17) is 17.3 Å². The third-order valence-corrected chi connectivity index (χ3v) is 22.3. The van der Waals surface area contributed by atoms with E-state index in [9.17, 15) is 79.5 Å². The van der Waals surface area contributed by atoms with Gasteiger partial charge >= 0.3 is 0 Å². The van der Waals surface area contributed by atoms with Crippen molar-refractivity contribution < 1.29 is 84.6 Å². The predicted octanol–water partition coefficient (Wildman–Crippen LogP) is 18.6. The number of aliphatic hydroxyl groups excluding tert-OH is 3. The predicted molar refractivity (Wildman–Crippen MR) is 459 cm³/mol. The van der Waals surface area contributed by atoms with Crippen molar-refractivity contribution >= 4 is 141 Å². The average Bonchev–Trinajstić information content (AvgIpc) is 0.747. The number of rotatable bonds is 5. The first-order chi connectivity index (χ1) is 55.1. The van der Waals surface area contributed by atoms with Crippen molar-refractivity contribution in [2.24, 2.45) is 0 Å². The second-order valence-electron chi connectivity index (χ2n) is 29.1. The Kier molecular flexibility index (Phi) is 24.6. The van der Waals surface area contributed by atoms with Crippen LogP contribution in [0, 0.1) is 13.8 Å². The van der Waals surface area contributed by atoms with Gasteiger partial charge in [0, 0.05) is 85.1 Å². The number of aliphatic hydroxyl groups is 3. The summed E-state index contributed by atoms with van der Waals surface area (Å²) in [5.74, 6) is -4.23. The molecule has 2 heterocycles. The topological polar surface area (TPSA) is 365 Å². The lowest BCUT2D eigenvalue weighted by atomic mass is 9.70. The SMILES string of the molecule is CC(=O)c1c(C)cc2cc3c(c(O)c2c1O)C(O)=C(C)C(=O)C3(C)C.CCc1c(C)cc2cc3c(c(O)c2c1O)C(O)=C(C)C(=O)C3(C)C.CSC(=S)NCc1c[nH]c2ccccc12.O=C1C=Cc2ccccc2C1=O.O=C1c2ccccc2C(=O)c2c1ccc(O)c2O.OCc1c[nH]c2ccccc12.Oc1cccc2ccccc12. The van der Waals surface area contributed by atoms with Gasteiger partial charge in [0.15, 0.2) is 40.4 Å². The third kappa shape index (κ3) is 15.9. The number of thiocarbonyl (C=S) groups is 1. The van der Waals surface area contributed by atoms with Crippen LogP contribution >= 0.6 is 24.0 Å². The van der Waals surface area contributed by atoms with Crippen molar-refractivity contribution in [3.63, 3.8) is 0 Å². The number of phenols is 7. The van der Waals surface area contributed by atoms with Gasteiger partial charge in [0.1, 0.15) is 44.6 Å². The van der Waals surface area contributed by atoms with E-state index in [0.29, 0.717) is 56.1 Å². The van der Waals surface area contributed by atoms with Gasteiger partial charge < -0.3 is 66.4 Å². The molecule has 0 saturated carbocycles. The van der Waals surface area contributed by atoms with Gasteiger partial charge in [-0.25, -0.2) is 0 Å². The van der Waals surface area contributed by atoms with Crippen LogP contribution in [-0.2, 0) is 44.8 Å². The molecule has 2 aromatic heterocycles. The largest absolute Gasteiger partial charge is 0.507 e. The summed E-state index contributed by atoms with van der Waals surface area (Å²) in [6.07, 6.45) is 9.45. The van der Waals surface area contributed by atoms with Crippen LogP contribution in [0.25, 0.3) is 71.7 Å². The molecule has 0 fully saturated rings. The lowest BCUT2D eigenvalue weighted by Gasteiger charge is -2.32. The van der Waals surface area contributed by atoms with Gasteiger partial charge in [-0.15, -0.1) is 11.8 Å². The van der Waals surface area contributed by atoms with E-state index < -0.39 is 39.7 Å². The first kappa shape index (κ1) is 83.5. The van der Waals surface area contributed by atoms with Crippen LogP contribution in [0.2, 0.25) is 0 Å². The number of aromatic hydroxyl groups is 7. The molecule has 13 N–H and O–H groups in total. The molecule has 0 saturated heterocycles. The second-order valence-corrected chi connectivity index (χ2v) is 30.6. The summed E-state index contributed by atoms with van der Waals surface area (Å²) >= 11 is 6.65. The summed E-state index contributed by atoms with van der Waals surface area (Å²) in [7, 11) is 0. The quantitative estimate of drug-likeness (QED) is 0.0329. The molecule has 0 atom stereocenters. The van der Waals surface area contributed by atoms with Crippen LogP contribution in [0.4, 0.5) is 0 Å². The van der Waals surface area contributed by atoms with E-state index in [-0.39, 0.29) is 114 Å². The second kappa shape index (κ2) is 34.1. The Hall–Kier alpha value is -13.4. The minimum atomic E-state index is -0.930. The van der Waals surface area contributed by atoms with Crippen molar-refractivity contribution in [2.75, 3.05) is 6.26 Å². The number of ketones is 7. The molecule has 116 heavy (non-hydrogen) atoms. The normalized spacial score (nSPS) is 13.8. The standard InChI is InChI=1S/C20H20O5.C20H22O4.C14H8O4.C11H12N2S2.C10H6O2.C10H8O.C9H9NO/c1-8-6-11-7-12-15(16(22)9(2)19(25)20(12,4)5)18(24)14(11)17(23)13(8)10(3)21;1-6-12-9(2)7-11-8-13-15(18(23)14(11)17(12)22)16(21)10(3)19(24)20(13,4)5;15-10-6-5-9-11(14(10)18)13(17)8-4-2-1-3-7(8)12(9)16;1-15-11(14)13-7-8-6-12-10-5-3-2-4-9(8)10;11-9-6-5-7-3-1-2-4-8(7)10(9)12;11-10-7-3-5-8-4-1-2-6-9(8)10;11-6-7-5-10-9-4-2-1-3-8(7)9/h6-7,22-24H,1-5H3;7-8,21-23H,6H2,1-5H3;1-6,15,18H;2-6,12H,7H2,1H3,(H,13,14);1-6H;1-7,11H;1-5,10-11H,6H2. The van der Waals surface area contributed by atoms with E-state index in [2.05, 4.69) is 27.4 Å². The Morgan fingerprint density at radius 3 is 1.50 bits per heavy atom. The Bertz CT molecular complexity index is 6340. The molecule has 4 aliphatic rings. The van der Waals surface area contributed by atoms with E-state index in [0.717, 1.165) is 54.8 Å². The van der Waals surface area contributed by atoms with E-state index >= 15 is 0 Å². The van der Waals surface area contributed by atoms with Crippen LogP contribution in [-0.4, -0.2) is 112 Å². The summed E-state index contributed by atoms with van der Waals surface area (Å²) in [5.41, 5.74) is 8.78. The highest BCUT2D eigenvalue weighted by Crippen LogP contribution is 2.52. The molecule has 0 radical (unpaired) electrons. The Morgan fingerprint density at radius 2 is 0.957 bits per heavy atom. The Labute approximate surface area is 677 Å². The number of carbonyl (C=O) groups is 7. The fourth-order valence-corrected chi connectivity index (χ4v) is 15.2. The smallest absolute Gasteiger partial charge is 0.233 e. The molecule has 0 bridgehead atoms. The van der Waals surface area contributed by atoms with E-state index in [1.807, 2.05) is 123 Å². The highest BCUT2D eigenvalue weighted by molar-refractivity contribution is 8.22. The zero-order valence-corrected chi connectivity index (χ0v) is 67.0. The number of phenolic OH excluding ortho intramolecular Hbond substituents is 7. The maximum atomic E-state index is 12.6.